The summed E-state index contributed by atoms with van der Waals surface area (Å²) in [5.74, 6) is -0.0367. The van der Waals surface area contributed by atoms with Crippen molar-refractivity contribution in [3.63, 3.8) is 0 Å². The minimum Gasteiger partial charge on any atom is -0.379 e. The predicted molar refractivity (Wildman–Crippen MR) is 136 cm³/mol. The lowest BCUT2D eigenvalue weighted by Gasteiger charge is -2.13. The van der Waals surface area contributed by atoms with Crippen LogP contribution in [0.1, 0.15) is 41.8 Å². The fourth-order valence-corrected chi connectivity index (χ4v) is 4.12. The van der Waals surface area contributed by atoms with E-state index >= 15 is 0 Å². The highest BCUT2D eigenvalue weighted by Crippen LogP contribution is 2.16. The number of carbonyl (C=O) groups excluding carboxylic acids is 1. The number of rotatable bonds is 9. The Morgan fingerprint density at radius 2 is 1.97 bits per heavy atom. The molecule has 3 aromatic heterocycles. The fourth-order valence-electron chi connectivity index (χ4n) is 4.12. The Bertz CT molecular complexity index is 1410. The highest BCUT2D eigenvalue weighted by molar-refractivity contribution is 6.00. The standard InChI is InChI=1S/C27H31N5O3/c1-18(2)35-16-8-15-31-23(28)21(26(33)29-13-12-20-10-5-4-6-11-20)17-22-25(31)30-24-19(3)9-7-14-32(24)27(22)34/h4-7,9-11,14,17-18,28H,8,12-13,15-16H2,1-3H3,(H,29,33)/p+1. The summed E-state index contributed by atoms with van der Waals surface area (Å²) in [6, 6.07) is 15.2. The lowest BCUT2D eigenvalue weighted by molar-refractivity contribution is -0.659. The number of nitrogens with two attached hydrogens (primary N) is 1. The summed E-state index contributed by atoms with van der Waals surface area (Å²) < 4.78 is 8.96. The summed E-state index contributed by atoms with van der Waals surface area (Å²) in [5.41, 5.74) is 9.59. The number of anilines is 1. The second-order valence-electron chi connectivity index (χ2n) is 8.90. The number of benzene rings is 1. The van der Waals surface area contributed by atoms with Crippen LogP contribution in [0.4, 0.5) is 5.82 Å². The van der Waals surface area contributed by atoms with Crippen molar-refractivity contribution in [1.29, 1.82) is 0 Å². The second-order valence-corrected chi connectivity index (χ2v) is 8.90. The molecule has 0 aliphatic carbocycles. The van der Waals surface area contributed by atoms with E-state index in [9.17, 15) is 9.59 Å². The highest BCUT2D eigenvalue weighted by atomic mass is 16.5. The molecule has 3 N–H and O–H groups in total. The van der Waals surface area contributed by atoms with Crippen LogP contribution in [0, 0.1) is 6.92 Å². The van der Waals surface area contributed by atoms with Crippen molar-refractivity contribution in [2.24, 2.45) is 0 Å². The lowest BCUT2D eigenvalue weighted by Crippen LogP contribution is -2.43. The molecule has 0 spiro atoms. The van der Waals surface area contributed by atoms with Gasteiger partial charge in [-0.15, -0.1) is 0 Å². The second kappa shape index (κ2) is 10.7. The van der Waals surface area contributed by atoms with E-state index in [2.05, 4.69) is 5.32 Å². The maximum atomic E-state index is 13.4. The molecule has 35 heavy (non-hydrogen) atoms. The first-order chi connectivity index (χ1) is 16.9. The number of nitrogens with zero attached hydrogens (tertiary/aromatic N) is 3. The van der Waals surface area contributed by atoms with Gasteiger partial charge in [-0.2, -0.15) is 0 Å². The molecule has 0 unspecified atom stereocenters. The molecule has 0 atom stereocenters. The van der Waals surface area contributed by atoms with Crippen LogP contribution in [0.15, 0.2) is 59.5 Å². The maximum Gasteiger partial charge on any atom is 0.278 e. The van der Waals surface area contributed by atoms with Crippen LogP contribution in [0.5, 0.6) is 0 Å². The van der Waals surface area contributed by atoms with Crippen molar-refractivity contribution in [2.75, 3.05) is 18.9 Å². The third kappa shape index (κ3) is 5.33. The number of aromatic nitrogens is 3. The van der Waals surface area contributed by atoms with E-state index in [4.69, 9.17) is 15.5 Å². The summed E-state index contributed by atoms with van der Waals surface area (Å²) in [6.07, 6.45) is 3.16. The van der Waals surface area contributed by atoms with Gasteiger partial charge in [-0.25, -0.2) is 4.57 Å². The van der Waals surface area contributed by atoms with Crippen LogP contribution >= 0.6 is 0 Å². The zero-order chi connectivity index (χ0) is 24.9. The molecule has 0 saturated heterocycles. The van der Waals surface area contributed by atoms with E-state index in [1.165, 1.54) is 4.40 Å². The van der Waals surface area contributed by atoms with E-state index in [-0.39, 0.29) is 29.0 Å². The smallest absolute Gasteiger partial charge is 0.278 e. The molecular weight excluding hydrogens is 442 g/mol. The Morgan fingerprint density at radius 1 is 1.20 bits per heavy atom. The maximum absolute atomic E-state index is 13.4. The molecule has 3 heterocycles. The van der Waals surface area contributed by atoms with Crippen molar-refractivity contribution in [3.05, 3.63) is 81.8 Å². The highest BCUT2D eigenvalue weighted by Gasteiger charge is 2.24. The summed E-state index contributed by atoms with van der Waals surface area (Å²) >= 11 is 0. The van der Waals surface area contributed by atoms with Gasteiger partial charge >= 0.3 is 0 Å². The SMILES string of the molecule is Cc1cccn2c(=O)c3cc(C(=O)NCCc4ccccc4)c(N)[n+](CCCOC(C)C)c3nc12. The number of amides is 1. The van der Waals surface area contributed by atoms with E-state index in [1.54, 1.807) is 16.8 Å². The van der Waals surface area contributed by atoms with Crippen LogP contribution in [0.25, 0.3) is 16.7 Å². The molecular formula is C27H32N5O3+. The quantitative estimate of drug-likeness (QED) is 0.221. The van der Waals surface area contributed by atoms with Crippen LogP contribution in [0.2, 0.25) is 0 Å². The molecule has 0 aliphatic rings. The van der Waals surface area contributed by atoms with Gasteiger partial charge < -0.3 is 15.8 Å². The number of nitrogen functional groups attached to an aromatic ring is 1. The summed E-state index contributed by atoms with van der Waals surface area (Å²) in [7, 11) is 0. The Morgan fingerprint density at radius 3 is 2.71 bits per heavy atom. The molecule has 1 aromatic carbocycles. The number of pyridine rings is 2. The van der Waals surface area contributed by atoms with Gasteiger partial charge in [0.2, 0.25) is 11.5 Å². The number of ether oxygens (including phenoxy) is 1. The Kier molecular flexibility index (Phi) is 7.41. The molecule has 182 valence electrons. The molecule has 4 rings (SSSR count). The number of hydrogen-bond acceptors (Lipinski definition) is 5. The van der Waals surface area contributed by atoms with Gasteiger partial charge in [0.15, 0.2) is 0 Å². The largest absolute Gasteiger partial charge is 0.379 e. The summed E-state index contributed by atoms with van der Waals surface area (Å²) in [6.45, 7) is 7.33. The predicted octanol–water partition coefficient (Wildman–Crippen LogP) is 2.81. The van der Waals surface area contributed by atoms with E-state index in [0.717, 1.165) is 11.1 Å². The summed E-state index contributed by atoms with van der Waals surface area (Å²) in [4.78, 5) is 31.3. The van der Waals surface area contributed by atoms with Gasteiger partial charge in [-0.05, 0) is 44.9 Å². The molecule has 8 heteroatoms. The zero-order valence-electron chi connectivity index (χ0n) is 20.5. The molecule has 0 saturated carbocycles. The number of hydrogen-bond donors (Lipinski definition) is 2. The molecule has 0 radical (unpaired) electrons. The van der Waals surface area contributed by atoms with Crippen LogP contribution in [-0.2, 0) is 17.7 Å². The normalized spacial score (nSPS) is 11.4. The lowest BCUT2D eigenvalue weighted by atomic mass is 10.1. The van der Waals surface area contributed by atoms with E-state index in [1.807, 2.05) is 63.2 Å². The molecule has 0 bridgehead atoms. The van der Waals surface area contributed by atoms with Crippen molar-refractivity contribution in [3.8, 4) is 0 Å². The first kappa shape index (κ1) is 24.3. The fraction of sp³-hybridized carbons (Fsp3) is 0.333. The molecule has 4 aromatic rings. The molecule has 0 aliphatic heterocycles. The first-order valence-corrected chi connectivity index (χ1v) is 11.9. The Labute approximate surface area is 204 Å². The van der Waals surface area contributed by atoms with Gasteiger partial charge in [-0.3, -0.25) is 14.0 Å². The van der Waals surface area contributed by atoms with Crippen molar-refractivity contribution < 1.29 is 14.1 Å². The molecule has 8 nitrogen and oxygen atoms in total. The first-order valence-electron chi connectivity index (χ1n) is 11.9. The molecule has 1 amide bonds. The van der Waals surface area contributed by atoms with Gasteiger partial charge in [0, 0.05) is 31.3 Å². The van der Waals surface area contributed by atoms with Crippen molar-refractivity contribution in [2.45, 2.75) is 46.3 Å². The number of nitrogens with one attached hydrogen (secondary N) is 1. The monoisotopic (exact) mass is 474 g/mol. The zero-order valence-corrected chi connectivity index (χ0v) is 20.5. The van der Waals surface area contributed by atoms with Gasteiger partial charge in [0.1, 0.15) is 10.9 Å². The van der Waals surface area contributed by atoms with Crippen LogP contribution in [0.3, 0.4) is 0 Å². The van der Waals surface area contributed by atoms with Gasteiger partial charge in [0.05, 0.1) is 12.6 Å². The van der Waals surface area contributed by atoms with Crippen LogP contribution < -0.4 is 21.2 Å². The average Bonchev–Trinajstić information content (AvgIpc) is 2.84. The topological polar surface area (TPSA) is 103 Å². The Balaban J connectivity index is 1.73. The van der Waals surface area contributed by atoms with Crippen molar-refractivity contribution >= 4 is 28.4 Å². The van der Waals surface area contributed by atoms with E-state index in [0.29, 0.717) is 49.2 Å². The number of fused-ring (bicyclic) bond motifs is 2. The van der Waals surface area contributed by atoms with Crippen LogP contribution in [-0.4, -0.2) is 34.5 Å². The third-order valence-corrected chi connectivity index (χ3v) is 5.94. The van der Waals surface area contributed by atoms with E-state index < -0.39 is 0 Å². The van der Waals surface area contributed by atoms with Gasteiger partial charge in [-0.1, -0.05) is 41.4 Å². The number of carbonyl (C=O) groups is 1. The number of aryl methyl sites for hydroxylation is 2. The molecule has 0 fully saturated rings. The van der Waals surface area contributed by atoms with Crippen molar-refractivity contribution in [1.82, 2.24) is 14.7 Å². The third-order valence-electron chi connectivity index (χ3n) is 5.94. The minimum absolute atomic E-state index is 0.116. The van der Waals surface area contributed by atoms with Gasteiger partial charge in [0.25, 0.3) is 17.1 Å². The summed E-state index contributed by atoms with van der Waals surface area (Å²) in [5, 5.41) is 3.29. The average molecular weight is 475 g/mol. The Hall–Kier alpha value is -3.78. The minimum atomic E-state index is -0.318.